The van der Waals surface area contributed by atoms with E-state index in [1.807, 2.05) is 0 Å². The van der Waals surface area contributed by atoms with Crippen LogP contribution in [0.2, 0.25) is 0 Å². The van der Waals surface area contributed by atoms with E-state index in [4.69, 9.17) is 19.1 Å². The Bertz CT molecular complexity index is 23.1. The van der Waals surface area contributed by atoms with Gasteiger partial charge in [-0.2, -0.15) is 0 Å². The van der Waals surface area contributed by atoms with Crippen LogP contribution in [-0.2, 0) is 12.5 Å². The second kappa shape index (κ2) is 2.42. The first-order valence-electron chi connectivity index (χ1n) is 0.604. The second-order valence-corrected chi connectivity index (χ2v) is 22.7. The van der Waals surface area contributed by atoms with Gasteiger partial charge in [-0.15, -0.1) is 0 Å². The first-order valence-corrected chi connectivity index (χ1v) is 10.7. The first-order chi connectivity index (χ1) is 2.00. The van der Waals surface area contributed by atoms with Gasteiger partial charge >= 0.3 is 46.4 Å². The summed E-state index contributed by atoms with van der Waals surface area (Å²) in [6, 6.07) is 0. The fraction of sp³-hybridized carbons (Fsp3) is 0. The topological polar surface area (TPSA) is 0 Å². The van der Waals surface area contributed by atoms with Crippen LogP contribution in [0.1, 0.15) is 0 Å². The maximum atomic E-state index is 5.37. The van der Waals surface area contributed by atoms with Crippen LogP contribution in [0.3, 0.4) is 0 Å². The molecule has 0 N–H and O–H groups in total. The Hall–Kier alpha value is 2.10. The van der Waals surface area contributed by atoms with Crippen molar-refractivity contribution in [3.8, 4) is 0 Å². The van der Waals surface area contributed by atoms with Crippen LogP contribution < -0.4 is 0 Å². The first kappa shape index (κ1) is 7.10. The zero-order valence-corrected chi connectivity index (χ0v) is 7.60. The monoisotopic (exact) mass is 242 g/mol. The summed E-state index contributed by atoms with van der Waals surface area (Å²) in [5.74, 6) is 0. The van der Waals surface area contributed by atoms with Gasteiger partial charge < -0.3 is 0 Å². The summed E-state index contributed by atoms with van der Waals surface area (Å²) in [5, 5.41) is 0. The van der Waals surface area contributed by atoms with E-state index >= 15 is 0 Å². The number of hydrogen-bond donors (Lipinski definition) is 0. The van der Waals surface area contributed by atoms with E-state index in [9.17, 15) is 0 Å². The van der Waals surface area contributed by atoms with Crippen molar-refractivity contribution >= 4 is 33.9 Å². The summed E-state index contributed by atoms with van der Waals surface area (Å²) in [4.78, 5) is 0. The average Bonchev–Trinajstić information content (AvgIpc) is 0.722. The summed E-state index contributed by atoms with van der Waals surface area (Å²) in [6.45, 7) is 0. The third-order valence-corrected chi connectivity index (χ3v) is 0. The van der Waals surface area contributed by atoms with Crippen LogP contribution in [-0.4, -0.2) is 0 Å². The molecule has 0 aliphatic rings. The van der Waals surface area contributed by atoms with Crippen molar-refractivity contribution in [1.29, 1.82) is 0 Å². The summed E-state index contributed by atoms with van der Waals surface area (Å²) in [7, 11) is 15.5. The van der Waals surface area contributed by atoms with E-state index in [1.165, 1.54) is 0 Å². The molecule has 38 valence electrons. The maximum absolute atomic E-state index is 5.37. The third-order valence-electron chi connectivity index (χ3n) is 0. The zero-order chi connectivity index (χ0) is 4.50. The molecule has 0 spiro atoms. The molecule has 0 aliphatic carbocycles. The van der Waals surface area contributed by atoms with Crippen LogP contribution in [0.5, 0.6) is 0 Å². The van der Waals surface area contributed by atoms with E-state index in [2.05, 4.69) is 14.9 Å². The van der Waals surface area contributed by atoms with Gasteiger partial charge in [-0.25, -0.2) is 0 Å². The fourth-order valence-electron chi connectivity index (χ4n) is 0. The molecule has 0 aromatic heterocycles. The van der Waals surface area contributed by atoms with Crippen LogP contribution in [0, 0.1) is 0 Å². The molecule has 2 unspecified atom stereocenters. The normalized spacial score (nSPS) is 15.2. The van der Waals surface area contributed by atoms with E-state index in [0.29, 0.717) is 0 Å². The van der Waals surface area contributed by atoms with Crippen molar-refractivity contribution in [3.63, 3.8) is 0 Å². The SMILES string of the molecule is [PH2][Pd]([PH2])([Cl])[Cl]. The van der Waals surface area contributed by atoms with Gasteiger partial charge in [0.15, 0.2) is 0 Å². The molecule has 5 heavy (non-hydrogen) atoms. The van der Waals surface area contributed by atoms with Crippen LogP contribution in [0.4, 0.5) is 0 Å². The van der Waals surface area contributed by atoms with Gasteiger partial charge in [-0.1, -0.05) is 0 Å². The minimum absolute atomic E-state index is 1.92. The van der Waals surface area contributed by atoms with Crippen molar-refractivity contribution in [3.05, 3.63) is 0 Å². The summed E-state index contributed by atoms with van der Waals surface area (Å²) in [5.41, 5.74) is 0. The van der Waals surface area contributed by atoms with Gasteiger partial charge in [0.2, 0.25) is 0 Å². The molecule has 0 bridgehead atoms. The molecule has 5 heteroatoms. The Kier molecular flexibility index (Phi) is 3.44. The van der Waals surface area contributed by atoms with E-state index < -0.39 is 12.5 Å². The number of rotatable bonds is 0. The molecule has 0 aromatic carbocycles. The molecular weight excluding hydrogens is 239 g/mol. The summed E-state index contributed by atoms with van der Waals surface area (Å²) < 4.78 is 0. The Balaban J connectivity index is 3.02. The number of hydrogen-bond acceptors (Lipinski definition) is 0. The molecular formula is H4Cl2P2Pd. The van der Waals surface area contributed by atoms with E-state index in [1.54, 1.807) is 0 Å². The molecule has 0 nitrogen and oxygen atoms in total. The second-order valence-electron chi connectivity index (χ2n) is 0.427. The predicted molar refractivity (Wildman–Crippen MR) is 31.1 cm³/mol. The quantitative estimate of drug-likeness (QED) is 0.451. The third kappa shape index (κ3) is 23.2. The van der Waals surface area contributed by atoms with Crippen LogP contribution >= 0.6 is 33.9 Å². The molecule has 0 aromatic rings. The van der Waals surface area contributed by atoms with E-state index in [0.717, 1.165) is 0 Å². The molecule has 0 rings (SSSR count). The minimum atomic E-state index is -1.92. The van der Waals surface area contributed by atoms with Gasteiger partial charge in [0.05, 0.1) is 0 Å². The fourth-order valence-corrected chi connectivity index (χ4v) is 0. The Morgan fingerprint density at radius 3 is 1.20 bits per heavy atom. The molecule has 2 atom stereocenters. The van der Waals surface area contributed by atoms with Crippen LogP contribution in [0.15, 0.2) is 0 Å². The van der Waals surface area contributed by atoms with E-state index in [-0.39, 0.29) is 0 Å². The Labute approximate surface area is 46.3 Å². The molecule has 0 fully saturated rings. The standard InChI is InChI=1S/2ClH.2H2P.Pd/h2*1H;2*1H2;/q;;2*-1;+4/p-2. The zero-order valence-electron chi connectivity index (χ0n) is 2.23. The molecule has 0 aliphatic heterocycles. The van der Waals surface area contributed by atoms with Crippen molar-refractivity contribution in [1.82, 2.24) is 0 Å². The number of halogens is 2. The Morgan fingerprint density at radius 2 is 1.20 bits per heavy atom. The predicted octanol–water partition coefficient (Wildman–Crippen LogP) is 2.03. The van der Waals surface area contributed by atoms with Crippen molar-refractivity contribution < 1.29 is 12.5 Å². The Morgan fingerprint density at radius 1 is 1.20 bits per heavy atom. The molecule has 0 saturated carbocycles. The van der Waals surface area contributed by atoms with Gasteiger partial charge in [-0.05, 0) is 0 Å². The van der Waals surface area contributed by atoms with Crippen molar-refractivity contribution in [2.24, 2.45) is 0 Å². The summed E-state index contributed by atoms with van der Waals surface area (Å²) >= 11 is -1.92. The van der Waals surface area contributed by atoms with Gasteiger partial charge in [0.1, 0.15) is 0 Å². The molecule has 0 heterocycles. The van der Waals surface area contributed by atoms with Gasteiger partial charge in [0.25, 0.3) is 0 Å². The van der Waals surface area contributed by atoms with Gasteiger partial charge in [-0.3, -0.25) is 0 Å². The van der Waals surface area contributed by atoms with Crippen LogP contribution in [0.25, 0.3) is 0 Å². The molecule has 0 saturated heterocycles. The molecule has 0 radical (unpaired) electrons. The van der Waals surface area contributed by atoms with Crippen molar-refractivity contribution in [2.75, 3.05) is 0 Å². The molecule has 0 amide bonds. The van der Waals surface area contributed by atoms with Gasteiger partial charge in [0, 0.05) is 0 Å². The summed E-state index contributed by atoms with van der Waals surface area (Å²) in [6.07, 6.45) is 0. The average molecular weight is 243 g/mol. The van der Waals surface area contributed by atoms with Crippen molar-refractivity contribution in [2.45, 2.75) is 0 Å².